The van der Waals surface area contributed by atoms with Crippen LogP contribution in [0.3, 0.4) is 0 Å². The maximum atomic E-state index is 13.0. The highest BCUT2D eigenvalue weighted by Gasteiger charge is 2.34. The van der Waals surface area contributed by atoms with Crippen molar-refractivity contribution in [3.8, 4) is 11.3 Å². The molecular formula is C23H19FN4O4S. The number of amides is 3. The Morgan fingerprint density at radius 3 is 2.76 bits per heavy atom. The van der Waals surface area contributed by atoms with Crippen LogP contribution >= 0.6 is 11.8 Å². The molecule has 1 aliphatic rings. The number of aryl methyl sites for hydroxylation is 1. The third-order valence-electron chi connectivity index (χ3n) is 4.76. The van der Waals surface area contributed by atoms with Gasteiger partial charge in [-0.15, -0.1) is 0 Å². The van der Waals surface area contributed by atoms with Crippen LogP contribution in [0.4, 0.5) is 9.18 Å². The highest BCUT2D eigenvalue weighted by molar-refractivity contribution is 8.18. The van der Waals surface area contributed by atoms with Crippen LogP contribution in [-0.4, -0.2) is 45.0 Å². The first-order valence-corrected chi connectivity index (χ1v) is 10.9. The average molecular weight is 466 g/mol. The van der Waals surface area contributed by atoms with Gasteiger partial charge < -0.3 is 9.73 Å². The topological polar surface area (TPSA) is 105 Å². The summed E-state index contributed by atoms with van der Waals surface area (Å²) in [5, 5.41) is 2.32. The predicted octanol–water partition coefficient (Wildman–Crippen LogP) is 3.66. The second-order valence-corrected chi connectivity index (χ2v) is 8.09. The Labute approximate surface area is 192 Å². The van der Waals surface area contributed by atoms with E-state index in [0.717, 1.165) is 22.2 Å². The van der Waals surface area contributed by atoms with Crippen molar-refractivity contribution in [2.45, 2.75) is 12.8 Å². The third kappa shape index (κ3) is 5.72. The lowest BCUT2D eigenvalue weighted by atomic mass is 10.2. The molecule has 2 aromatic heterocycles. The Morgan fingerprint density at radius 2 is 2.00 bits per heavy atom. The number of pyridine rings is 1. The van der Waals surface area contributed by atoms with E-state index < -0.39 is 5.91 Å². The largest absolute Gasteiger partial charge is 0.441 e. The molecule has 3 aromatic rings. The minimum Gasteiger partial charge on any atom is -0.441 e. The van der Waals surface area contributed by atoms with E-state index in [4.69, 9.17) is 4.42 Å². The van der Waals surface area contributed by atoms with Gasteiger partial charge in [-0.1, -0.05) is 6.07 Å². The first kappa shape index (κ1) is 22.4. The summed E-state index contributed by atoms with van der Waals surface area (Å²) >= 11 is 0.861. The van der Waals surface area contributed by atoms with E-state index in [1.807, 2.05) is 0 Å². The first-order valence-electron chi connectivity index (χ1n) is 10.1. The second-order valence-electron chi connectivity index (χ2n) is 7.09. The van der Waals surface area contributed by atoms with Gasteiger partial charge in [0.15, 0.2) is 11.7 Å². The summed E-state index contributed by atoms with van der Waals surface area (Å²) in [7, 11) is 0. The average Bonchev–Trinajstić information content (AvgIpc) is 3.39. The van der Waals surface area contributed by atoms with E-state index in [0.29, 0.717) is 22.1 Å². The molecule has 0 atom stereocenters. The van der Waals surface area contributed by atoms with Gasteiger partial charge in [0.25, 0.3) is 11.1 Å². The number of oxazole rings is 1. The number of hydrogen-bond donors (Lipinski definition) is 1. The zero-order valence-corrected chi connectivity index (χ0v) is 18.2. The molecule has 1 aromatic carbocycles. The quantitative estimate of drug-likeness (QED) is 0.505. The van der Waals surface area contributed by atoms with Crippen molar-refractivity contribution in [3.63, 3.8) is 0 Å². The summed E-state index contributed by atoms with van der Waals surface area (Å²) in [4.78, 5) is 46.3. The molecule has 0 aliphatic carbocycles. The van der Waals surface area contributed by atoms with Crippen molar-refractivity contribution in [3.05, 3.63) is 77.2 Å². The van der Waals surface area contributed by atoms with Crippen LogP contribution in [0.1, 0.15) is 17.9 Å². The number of rotatable bonds is 8. The summed E-state index contributed by atoms with van der Waals surface area (Å²) < 4.78 is 18.6. The number of nitrogens with one attached hydrogen (secondary N) is 1. The van der Waals surface area contributed by atoms with Crippen LogP contribution in [-0.2, 0) is 16.0 Å². The van der Waals surface area contributed by atoms with Crippen LogP contribution in [0.25, 0.3) is 17.4 Å². The van der Waals surface area contributed by atoms with Gasteiger partial charge in [0.1, 0.15) is 5.82 Å². The highest BCUT2D eigenvalue weighted by Crippen LogP contribution is 2.31. The van der Waals surface area contributed by atoms with Crippen LogP contribution in [0.5, 0.6) is 0 Å². The van der Waals surface area contributed by atoms with E-state index in [1.54, 1.807) is 42.7 Å². The molecule has 3 amide bonds. The number of halogens is 1. The van der Waals surface area contributed by atoms with Crippen LogP contribution < -0.4 is 5.32 Å². The maximum absolute atomic E-state index is 13.0. The van der Waals surface area contributed by atoms with E-state index in [1.165, 1.54) is 18.3 Å². The molecule has 1 aliphatic heterocycles. The summed E-state index contributed by atoms with van der Waals surface area (Å²) in [5.41, 5.74) is 1.42. The number of nitrogens with zero attached hydrogens (tertiary/aromatic N) is 3. The molecular weight excluding hydrogens is 447 g/mol. The smallest absolute Gasteiger partial charge is 0.293 e. The zero-order chi connectivity index (χ0) is 23.2. The molecule has 3 heterocycles. The molecule has 0 saturated carbocycles. The lowest BCUT2D eigenvalue weighted by Gasteiger charge is -2.12. The molecule has 8 nitrogen and oxygen atoms in total. The van der Waals surface area contributed by atoms with E-state index in [9.17, 15) is 18.8 Å². The standard InChI is InChI=1S/C23H19FN4O4S/c24-17-5-3-16(4-6-17)18-14-27-21(32-18)8-7-20(29)26-10-11-28-22(30)19(33-23(28)31)12-15-2-1-9-25-13-15/h1-6,9,12-14H,7-8,10-11H2,(H,26,29)/b19-12-. The predicted molar refractivity (Wildman–Crippen MR) is 120 cm³/mol. The number of carbonyl (C=O) groups is 3. The number of carbonyl (C=O) groups excluding carboxylic acids is 3. The van der Waals surface area contributed by atoms with Crippen molar-refractivity contribution in [1.82, 2.24) is 20.2 Å². The Morgan fingerprint density at radius 1 is 1.18 bits per heavy atom. The molecule has 0 spiro atoms. The molecule has 0 unspecified atom stereocenters. The number of imide groups is 1. The van der Waals surface area contributed by atoms with Gasteiger partial charge in [0.05, 0.1) is 11.1 Å². The fourth-order valence-corrected chi connectivity index (χ4v) is 3.96. The molecule has 10 heteroatoms. The maximum Gasteiger partial charge on any atom is 0.293 e. The minimum absolute atomic E-state index is 0.0779. The van der Waals surface area contributed by atoms with E-state index in [-0.39, 0.29) is 42.9 Å². The fraction of sp³-hybridized carbons (Fsp3) is 0.174. The molecule has 0 bridgehead atoms. The molecule has 1 fully saturated rings. The van der Waals surface area contributed by atoms with Gasteiger partial charge in [-0.3, -0.25) is 24.3 Å². The normalized spacial score (nSPS) is 14.8. The van der Waals surface area contributed by atoms with E-state index in [2.05, 4.69) is 15.3 Å². The number of aromatic nitrogens is 2. The van der Waals surface area contributed by atoms with Crippen molar-refractivity contribution in [2.75, 3.05) is 13.1 Å². The van der Waals surface area contributed by atoms with Gasteiger partial charge >= 0.3 is 0 Å². The Bertz CT molecular complexity index is 1190. The Hall–Kier alpha value is -3.79. The van der Waals surface area contributed by atoms with Crippen molar-refractivity contribution in [1.29, 1.82) is 0 Å². The molecule has 1 saturated heterocycles. The Balaban J connectivity index is 1.23. The van der Waals surface area contributed by atoms with Crippen LogP contribution in [0, 0.1) is 5.82 Å². The molecule has 1 N–H and O–H groups in total. The van der Waals surface area contributed by atoms with Crippen LogP contribution in [0.2, 0.25) is 0 Å². The second kappa shape index (κ2) is 10.2. The van der Waals surface area contributed by atoms with Gasteiger partial charge in [0, 0.05) is 43.9 Å². The number of benzene rings is 1. The first-order chi connectivity index (χ1) is 16.0. The summed E-state index contributed by atoms with van der Waals surface area (Å²) in [6, 6.07) is 9.37. The molecule has 168 valence electrons. The molecule has 4 rings (SSSR count). The summed E-state index contributed by atoms with van der Waals surface area (Å²) in [6.45, 7) is 0.220. The van der Waals surface area contributed by atoms with Gasteiger partial charge in [0.2, 0.25) is 5.91 Å². The summed E-state index contributed by atoms with van der Waals surface area (Å²) in [5.74, 6) is -0.113. The van der Waals surface area contributed by atoms with Gasteiger partial charge in [-0.05, 0) is 53.7 Å². The third-order valence-corrected chi connectivity index (χ3v) is 5.67. The zero-order valence-electron chi connectivity index (χ0n) is 17.4. The lowest BCUT2D eigenvalue weighted by molar-refractivity contribution is -0.124. The van der Waals surface area contributed by atoms with Gasteiger partial charge in [-0.25, -0.2) is 9.37 Å². The SMILES string of the molecule is O=C(CCc1ncc(-c2ccc(F)cc2)o1)NCCN1C(=O)S/C(=C\c2cccnc2)C1=O. The lowest BCUT2D eigenvalue weighted by Crippen LogP contribution is -2.37. The number of hydrogen-bond acceptors (Lipinski definition) is 7. The minimum atomic E-state index is -0.392. The van der Waals surface area contributed by atoms with Crippen molar-refractivity contribution in [2.24, 2.45) is 0 Å². The summed E-state index contributed by atoms with van der Waals surface area (Å²) in [6.07, 6.45) is 6.78. The highest BCUT2D eigenvalue weighted by atomic mass is 32.2. The monoisotopic (exact) mass is 466 g/mol. The Kier molecular flexibility index (Phi) is 6.94. The number of thioether (sulfide) groups is 1. The van der Waals surface area contributed by atoms with Crippen molar-refractivity contribution >= 4 is 34.9 Å². The van der Waals surface area contributed by atoms with Crippen molar-refractivity contribution < 1.29 is 23.2 Å². The van der Waals surface area contributed by atoms with E-state index >= 15 is 0 Å². The fourth-order valence-electron chi connectivity index (χ4n) is 3.09. The van der Waals surface area contributed by atoms with Crippen LogP contribution in [0.15, 0.2) is 64.3 Å². The van der Waals surface area contributed by atoms with Gasteiger partial charge in [-0.2, -0.15) is 0 Å². The molecule has 33 heavy (non-hydrogen) atoms. The molecule has 0 radical (unpaired) electrons.